The Morgan fingerprint density at radius 3 is 2.67 bits per heavy atom. The second kappa shape index (κ2) is 10.7. The summed E-state index contributed by atoms with van der Waals surface area (Å²) in [6.07, 6.45) is 4.57. The topological polar surface area (TPSA) is 87.8 Å². The number of hydrogen-bond donors (Lipinski definition) is 0. The van der Waals surface area contributed by atoms with E-state index in [-0.39, 0.29) is 11.8 Å². The van der Waals surface area contributed by atoms with Crippen LogP contribution in [0.1, 0.15) is 69.7 Å². The summed E-state index contributed by atoms with van der Waals surface area (Å²) in [7, 11) is 0. The quantitative estimate of drug-likeness (QED) is 0.298. The van der Waals surface area contributed by atoms with E-state index in [2.05, 4.69) is 12.1 Å². The van der Waals surface area contributed by atoms with Gasteiger partial charge in [0.1, 0.15) is 5.60 Å². The molecule has 212 valence electrons. The highest BCUT2D eigenvalue weighted by molar-refractivity contribution is 7.98. The Balaban J connectivity index is 1.13. The number of thioether (sulfide) groups is 1. The molecule has 10 heteroatoms. The Morgan fingerprint density at radius 2 is 1.95 bits per heavy atom. The molecule has 0 aliphatic carbocycles. The zero-order valence-electron chi connectivity index (χ0n) is 23.1. The number of pyridine rings is 1. The standard InChI is InChI=1S/C30H34ClN3O5S/c1-29(2,3)37-28(36)34-14-8-19(17-30(34)38-39-30)15-25(35)33-12-9-20(10-13-33)26-23-7-6-22(31)16-24(23)40-18-21-5-4-11-32-27(21)26/h4-7,11,16,19H,8-10,12-15,17-18H2,1-3H3. The molecule has 3 saturated heterocycles. The molecule has 40 heavy (non-hydrogen) atoms. The van der Waals surface area contributed by atoms with Gasteiger partial charge in [-0.25, -0.2) is 4.79 Å². The zero-order chi connectivity index (χ0) is 28.1. The molecule has 6 rings (SSSR count). The molecule has 1 atom stereocenters. The molecule has 0 saturated carbocycles. The van der Waals surface area contributed by atoms with Crippen molar-refractivity contribution in [3.8, 4) is 0 Å². The average Bonchev–Trinajstić information content (AvgIpc) is 3.69. The van der Waals surface area contributed by atoms with Crippen LogP contribution in [0.3, 0.4) is 0 Å². The van der Waals surface area contributed by atoms with E-state index in [0.29, 0.717) is 38.9 Å². The molecular formula is C30H34ClN3O5S. The van der Waals surface area contributed by atoms with Crippen LogP contribution < -0.4 is 0 Å². The molecule has 2 aromatic rings. The van der Waals surface area contributed by atoms with Gasteiger partial charge in [0.15, 0.2) is 0 Å². The van der Waals surface area contributed by atoms with Crippen molar-refractivity contribution in [3.05, 3.63) is 63.9 Å². The number of fused-ring (bicyclic) bond motifs is 2. The van der Waals surface area contributed by atoms with Crippen molar-refractivity contribution in [2.24, 2.45) is 5.92 Å². The second-order valence-electron chi connectivity index (χ2n) is 11.9. The molecule has 4 aliphatic rings. The summed E-state index contributed by atoms with van der Waals surface area (Å²) in [4.78, 5) is 46.0. The highest BCUT2D eigenvalue weighted by atomic mass is 35.5. The van der Waals surface area contributed by atoms with E-state index in [1.807, 2.05) is 50.1 Å². The van der Waals surface area contributed by atoms with Gasteiger partial charge >= 0.3 is 12.0 Å². The van der Waals surface area contributed by atoms with Gasteiger partial charge in [0.25, 0.3) is 0 Å². The first-order valence-corrected chi connectivity index (χ1v) is 15.2. The van der Waals surface area contributed by atoms with Crippen molar-refractivity contribution in [3.63, 3.8) is 0 Å². The van der Waals surface area contributed by atoms with Gasteiger partial charge < -0.3 is 9.64 Å². The van der Waals surface area contributed by atoms with Crippen LogP contribution in [0.4, 0.5) is 4.79 Å². The Morgan fingerprint density at radius 1 is 1.18 bits per heavy atom. The predicted molar refractivity (Wildman–Crippen MR) is 152 cm³/mol. The fraction of sp³-hybridized carbons (Fsp3) is 0.500. The van der Waals surface area contributed by atoms with Crippen LogP contribution in [0.25, 0.3) is 5.57 Å². The normalized spacial score (nSPS) is 21.9. The van der Waals surface area contributed by atoms with Crippen LogP contribution in [0.15, 0.2) is 47.0 Å². The molecule has 0 radical (unpaired) electrons. The van der Waals surface area contributed by atoms with E-state index in [9.17, 15) is 9.59 Å². The molecule has 1 unspecified atom stereocenters. The van der Waals surface area contributed by atoms with Crippen molar-refractivity contribution >= 4 is 40.9 Å². The summed E-state index contributed by atoms with van der Waals surface area (Å²) < 4.78 is 5.52. The van der Waals surface area contributed by atoms with Crippen molar-refractivity contribution in [1.82, 2.24) is 14.8 Å². The highest BCUT2D eigenvalue weighted by Gasteiger charge is 2.61. The van der Waals surface area contributed by atoms with Crippen molar-refractivity contribution in [2.45, 2.75) is 75.0 Å². The fourth-order valence-electron chi connectivity index (χ4n) is 5.88. The Bertz CT molecular complexity index is 1360. The molecule has 1 spiro atoms. The van der Waals surface area contributed by atoms with Gasteiger partial charge in [-0.1, -0.05) is 29.3 Å². The van der Waals surface area contributed by atoms with E-state index >= 15 is 0 Å². The number of rotatable bonds is 2. The summed E-state index contributed by atoms with van der Waals surface area (Å²) in [6, 6.07) is 10.2. The predicted octanol–water partition coefficient (Wildman–Crippen LogP) is 6.42. The number of benzene rings is 1. The van der Waals surface area contributed by atoms with Crippen molar-refractivity contribution < 1.29 is 24.1 Å². The Hall–Kier alpha value is -2.59. The van der Waals surface area contributed by atoms with Crippen LogP contribution in [0.5, 0.6) is 0 Å². The summed E-state index contributed by atoms with van der Waals surface area (Å²) in [5.41, 5.74) is 5.35. The molecule has 2 amide bonds. The summed E-state index contributed by atoms with van der Waals surface area (Å²) >= 11 is 8.14. The highest BCUT2D eigenvalue weighted by Crippen LogP contribution is 2.46. The first kappa shape index (κ1) is 27.6. The maximum Gasteiger partial charge on any atom is 0.414 e. The number of nitrogens with zero attached hydrogens (tertiary/aromatic N) is 3. The number of likely N-dealkylation sites (tertiary alicyclic amines) is 2. The zero-order valence-corrected chi connectivity index (χ0v) is 24.6. The van der Waals surface area contributed by atoms with E-state index in [4.69, 9.17) is 31.1 Å². The SMILES string of the molecule is CC(C)(C)OC(=O)N1CCC(CC(=O)N2CCC(=C3c4ccc(Cl)cc4SCc4cccnc43)CC2)CC12OO2. The van der Waals surface area contributed by atoms with Gasteiger partial charge in [0.05, 0.1) is 5.69 Å². The molecule has 8 nitrogen and oxygen atoms in total. The molecule has 1 aromatic carbocycles. The molecule has 3 fully saturated rings. The number of aromatic nitrogens is 1. The van der Waals surface area contributed by atoms with Gasteiger partial charge in [-0.05, 0) is 75.3 Å². The van der Waals surface area contributed by atoms with Crippen LogP contribution >= 0.6 is 23.4 Å². The summed E-state index contributed by atoms with van der Waals surface area (Å²) in [5.74, 6) is -0.0450. The number of amides is 2. The number of carbonyl (C=O) groups excluding carboxylic acids is 2. The summed E-state index contributed by atoms with van der Waals surface area (Å²) in [6.45, 7) is 7.26. The number of halogens is 1. The fourth-order valence-corrected chi connectivity index (χ4v) is 7.20. The maximum atomic E-state index is 13.4. The maximum absolute atomic E-state index is 13.4. The molecule has 0 N–H and O–H groups in total. The van der Waals surface area contributed by atoms with E-state index in [1.165, 1.54) is 32.1 Å². The number of ether oxygens (including phenoxy) is 1. The molecular weight excluding hydrogens is 550 g/mol. The second-order valence-corrected chi connectivity index (χ2v) is 13.3. The third kappa shape index (κ3) is 5.62. The minimum atomic E-state index is -1.10. The number of carbonyl (C=O) groups is 2. The number of piperidine rings is 2. The van der Waals surface area contributed by atoms with E-state index in [1.54, 1.807) is 11.8 Å². The minimum Gasteiger partial charge on any atom is -0.444 e. The molecule has 4 aliphatic heterocycles. The average molecular weight is 584 g/mol. The largest absolute Gasteiger partial charge is 0.444 e. The van der Waals surface area contributed by atoms with E-state index < -0.39 is 17.6 Å². The first-order chi connectivity index (χ1) is 19.1. The first-order valence-electron chi connectivity index (χ1n) is 13.9. The minimum absolute atomic E-state index is 0.0695. The molecule has 0 bridgehead atoms. The third-order valence-corrected chi connectivity index (χ3v) is 9.21. The van der Waals surface area contributed by atoms with Crippen LogP contribution in [-0.2, 0) is 25.1 Å². The van der Waals surface area contributed by atoms with Gasteiger partial charge in [-0.3, -0.25) is 14.7 Å². The summed E-state index contributed by atoms with van der Waals surface area (Å²) in [5, 5.41) is 0.732. The van der Waals surface area contributed by atoms with Gasteiger partial charge in [0, 0.05) is 59.9 Å². The Kier molecular flexibility index (Phi) is 7.36. The van der Waals surface area contributed by atoms with Crippen LogP contribution in [0, 0.1) is 5.92 Å². The van der Waals surface area contributed by atoms with Crippen molar-refractivity contribution in [2.75, 3.05) is 19.6 Å². The lowest BCUT2D eigenvalue weighted by molar-refractivity contribution is -0.133. The van der Waals surface area contributed by atoms with Gasteiger partial charge in [0.2, 0.25) is 5.91 Å². The van der Waals surface area contributed by atoms with Gasteiger partial charge in [-0.15, -0.1) is 11.8 Å². The monoisotopic (exact) mass is 583 g/mol. The molecule has 1 aromatic heterocycles. The third-order valence-electron chi connectivity index (χ3n) is 7.87. The van der Waals surface area contributed by atoms with Gasteiger partial charge in [-0.2, -0.15) is 9.78 Å². The number of hydrogen-bond acceptors (Lipinski definition) is 7. The van der Waals surface area contributed by atoms with Crippen LogP contribution in [0.2, 0.25) is 5.02 Å². The molecule has 5 heterocycles. The van der Waals surface area contributed by atoms with Crippen LogP contribution in [-0.4, -0.2) is 57.9 Å². The lowest BCUT2D eigenvalue weighted by Gasteiger charge is -2.36. The van der Waals surface area contributed by atoms with E-state index in [0.717, 1.165) is 29.3 Å². The van der Waals surface area contributed by atoms with Crippen molar-refractivity contribution in [1.29, 1.82) is 0 Å². The lowest BCUT2D eigenvalue weighted by Crippen LogP contribution is -2.51. The lowest BCUT2D eigenvalue weighted by atomic mass is 9.88. The Labute approximate surface area is 243 Å². The smallest absolute Gasteiger partial charge is 0.414 e.